The number of Topliss-reactive ketones (excluding diaryl/α,β-unsaturated/α-hetero) is 2. The van der Waals surface area contributed by atoms with Gasteiger partial charge in [-0.1, -0.05) is 34.4 Å². The first-order chi connectivity index (χ1) is 24.3. The van der Waals surface area contributed by atoms with Crippen LogP contribution in [-0.2, 0) is 47.4 Å². The van der Waals surface area contributed by atoms with Gasteiger partial charge < -0.3 is 14.4 Å². The Morgan fingerprint density at radius 3 is 1.90 bits per heavy atom. The molecule has 50 heavy (non-hydrogen) atoms. The van der Waals surface area contributed by atoms with Crippen LogP contribution in [0.5, 0.6) is 0 Å². The van der Waals surface area contributed by atoms with E-state index in [1.54, 1.807) is 13.8 Å². The molecule has 2 aliphatic rings. The molecule has 14 nitrogen and oxygen atoms in total. The van der Waals surface area contributed by atoms with E-state index in [2.05, 4.69) is 28.2 Å². The Kier molecular flexibility index (Phi) is 19.3. The number of anilines is 1. The molecule has 3 rings (SSSR count). The highest BCUT2D eigenvalue weighted by Gasteiger charge is 2.52. The summed E-state index contributed by atoms with van der Waals surface area (Å²) >= 11 is 1.95. The molecule has 1 aromatic carbocycles. The fourth-order valence-corrected chi connectivity index (χ4v) is 6.59. The van der Waals surface area contributed by atoms with Gasteiger partial charge in [0.1, 0.15) is 19.0 Å². The van der Waals surface area contributed by atoms with Gasteiger partial charge >= 0.3 is 11.9 Å². The minimum absolute atomic E-state index is 0.116. The van der Waals surface area contributed by atoms with E-state index in [1.807, 2.05) is 48.6 Å². The van der Waals surface area contributed by atoms with E-state index in [0.29, 0.717) is 88.6 Å². The number of hydrogen-bond acceptors (Lipinski definition) is 15. The SMILES string of the molecule is CCOC(=O)CCCN(CCCSOOO)c1ccc(C2C(=O)C(C3C=CC(=[N+](CCCSOOO)CCCC(=O)OCC)C=C3)C2=O)cc1. The Hall–Kier alpha value is -3.09. The van der Waals surface area contributed by atoms with Crippen molar-refractivity contribution < 1.29 is 62.5 Å². The molecule has 1 fully saturated rings. The van der Waals surface area contributed by atoms with Gasteiger partial charge in [-0.15, -0.1) is 8.67 Å². The smallest absolute Gasteiger partial charge is 0.306 e. The minimum Gasteiger partial charge on any atom is -0.466 e. The molecule has 0 amide bonds. The lowest BCUT2D eigenvalue weighted by Crippen LogP contribution is -2.49. The zero-order chi connectivity index (χ0) is 36.1. The standard InChI is InChI=1S/C34H46N2O12S2/c1-3-43-29(37)9-5-19-35(21-7-23-49-47-45-41)27-15-11-25(12-16-27)31-33(39)32(34(31)40)26-13-17-28(18-14-26)36(22-8-24-50-48-46-42)20-6-10-30(38)44-4-2/h11-18,25,31-32H,3-10,19-24H2,1-2H3,(H-,41,42)/p+1. The number of allylic oxidation sites excluding steroid dienone is 4. The van der Waals surface area contributed by atoms with Crippen LogP contribution in [0.1, 0.15) is 63.9 Å². The summed E-state index contributed by atoms with van der Waals surface area (Å²) in [6.45, 7) is 6.69. The Bertz CT molecular complexity index is 1310. The first kappa shape index (κ1) is 41.3. The summed E-state index contributed by atoms with van der Waals surface area (Å²) in [6.07, 6.45) is 10.8. The fraction of sp³-hybridized carbons (Fsp3) is 0.559. The average molecular weight is 740 g/mol. The van der Waals surface area contributed by atoms with Gasteiger partial charge in [-0.05, 0) is 44.4 Å². The van der Waals surface area contributed by atoms with Crippen LogP contribution in [-0.4, -0.2) is 95.2 Å². The number of carbonyl (C=O) groups is 4. The van der Waals surface area contributed by atoms with Gasteiger partial charge in [0, 0.05) is 91.7 Å². The number of ether oxygens (including phenoxy) is 2. The average Bonchev–Trinajstić information content (AvgIpc) is 3.11. The quantitative estimate of drug-likeness (QED) is 0.0257. The van der Waals surface area contributed by atoms with Crippen molar-refractivity contribution in [2.45, 2.75) is 58.3 Å². The maximum Gasteiger partial charge on any atom is 0.306 e. The second kappa shape index (κ2) is 23.4. The van der Waals surface area contributed by atoms with Gasteiger partial charge in [-0.3, -0.25) is 19.2 Å². The lowest BCUT2D eigenvalue weighted by Gasteiger charge is -2.36. The Morgan fingerprint density at radius 1 is 0.780 bits per heavy atom. The van der Waals surface area contributed by atoms with E-state index in [-0.39, 0.29) is 35.8 Å². The summed E-state index contributed by atoms with van der Waals surface area (Å²) in [6, 6.07) is 7.39. The van der Waals surface area contributed by atoms with Crippen molar-refractivity contribution in [1.82, 2.24) is 0 Å². The molecule has 0 heterocycles. The van der Waals surface area contributed by atoms with Crippen LogP contribution in [0.2, 0.25) is 0 Å². The Morgan fingerprint density at radius 2 is 1.32 bits per heavy atom. The van der Waals surface area contributed by atoms with Crippen LogP contribution >= 0.6 is 24.1 Å². The summed E-state index contributed by atoms with van der Waals surface area (Å²) in [5.74, 6) is -1.52. The highest BCUT2D eigenvalue weighted by molar-refractivity contribution is 7.94. The largest absolute Gasteiger partial charge is 0.466 e. The number of ketones is 2. The van der Waals surface area contributed by atoms with Gasteiger partial charge in [0.05, 0.1) is 25.6 Å². The second-order valence-electron chi connectivity index (χ2n) is 11.5. The number of esters is 2. The molecular formula is C34H47N2O12S2+. The number of benzene rings is 1. The third-order valence-corrected chi connectivity index (χ3v) is 9.42. The molecule has 0 saturated heterocycles. The van der Waals surface area contributed by atoms with E-state index >= 15 is 0 Å². The van der Waals surface area contributed by atoms with E-state index in [0.717, 1.165) is 35.5 Å². The number of rotatable bonds is 25. The Labute approximate surface area is 300 Å². The van der Waals surface area contributed by atoms with E-state index in [4.69, 9.17) is 20.0 Å². The molecular weight excluding hydrogens is 693 g/mol. The highest BCUT2D eigenvalue weighted by Crippen LogP contribution is 2.40. The van der Waals surface area contributed by atoms with E-state index < -0.39 is 11.8 Å². The van der Waals surface area contributed by atoms with Crippen LogP contribution in [0.15, 0.2) is 48.6 Å². The Balaban J connectivity index is 1.63. The van der Waals surface area contributed by atoms with Crippen LogP contribution in [0.4, 0.5) is 5.69 Å². The van der Waals surface area contributed by atoms with Crippen LogP contribution in [0.3, 0.4) is 0 Å². The van der Waals surface area contributed by atoms with Crippen molar-refractivity contribution in [2.75, 3.05) is 55.8 Å². The maximum absolute atomic E-state index is 13.4. The van der Waals surface area contributed by atoms with Crippen molar-refractivity contribution >= 4 is 59.0 Å². The lowest BCUT2D eigenvalue weighted by molar-refractivity contribution is -0.526. The molecule has 0 atom stereocenters. The zero-order valence-corrected chi connectivity index (χ0v) is 30.1. The highest BCUT2D eigenvalue weighted by atomic mass is 32.2. The monoisotopic (exact) mass is 739 g/mol. The van der Waals surface area contributed by atoms with Gasteiger partial charge in [-0.25, -0.2) is 15.1 Å². The molecule has 1 saturated carbocycles. The molecule has 2 N–H and O–H groups in total. The van der Waals surface area contributed by atoms with Crippen molar-refractivity contribution in [1.29, 1.82) is 0 Å². The predicted molar refractivity (Wildman–Crippen MR) is 187 cm³/mol. The third-order valence-electron chi connectivity index (χ3n) is 8.20. The maximum atomic E-state index is 13.4. The predicted octanol–water partition coefficient (Wildman–Crippen LogP) is 5.15. The summed E-state index contributed by atoms with van der Waals surface area (Å²) in [5.41, 5.74) is 2.44. The van der Waals surface area contributed by atoms with Gasteiger partial charge in [-0.2, -0.15) is 0 Å². The molecule has 16 heteroatoms. The summed E-state index contributed by atoms with van der Waals surface area (Å²) < 4.78 is 21.1. The minimum atomic E-state index is -0.812. The van der Waals surface area contributed by atoms with Crippen molar-refractivity contribution in [3.8, 4) is 0 Å². The molecule has 0 bridgehead atoms. The lowest BCUT2D eigenvalue weighted by atomic mass is 9.63. The van der Waals surface area contributed by atoms with Gasteiger partial charge in [0.15, 0.2) is 17.3 Å². The van der Waals surface area contributed by atoms with E-state index in [1.165, 1.54) is 0 Å². The first-order valence-corrected chi connectivity index (χ1v) is 18.6. The molecule has 0 aromatic heterocycles. The van der Waals surface area contributed by atoms with Crippen LogP contribution in [0, 0.1) is 11.8 Å². The van der Waals surface area contributed by atoms with Crippen molar-refractivity contribution in [3.05, 3.63) is 54.1 Å². The molecule has 0 spiro atoms. The summed E-state index contributed by atoms with van der Waals surface area (Å²) in [5, 5.41) is 23.9. The summed E-state index contributed by atoms with van der Waals surface area (Å²) in [4.78, 5) is 52.6. The third kappa shape index (κ3) is 13.2. The number of hydrogen-bond donors (Lipinski definition) is 2. The molecule has 1 aromatic rings. The van der Waals surface area contributed by atoms with E-state index in [9.17, 15) is 19.2 Å². The van der Waals surface area contributed by atoms with Crippen LogP contribution < -0.4 is 4.90 Å². The van der Waals surface area contributed by atoms with Crippen molar-refractivity contribution in [2.24, 2.45) is 11.8 Å². The van der Waals surface area contributed by atoms with Gasteiger partial charge in [0.25, 0.3) is 0 Å². The van der Waals surface area contributed by atoms with Crippen LogP contribution in [0.25, 0.3) is 0 Å². The summed E-state index contributed by atoms with van der Waals surface area (Å²) in [7, 11) is 0. The number of nitrogens with zero attached hydrogens (tertiary/aromatic N) is 2. The fourth-order valence-electron chi connectivity index (χ4n) is 5.88. The normalized spacial score (nSPS) is 18.2. The first-order valence-electron chi connectivity index (χ1n) is 16.8. The molecule has 0 unspecified atom stereocenters. The molecule has 0 radical (unpaired) electrons. The second-order valence-corrected chi connectivity index (χ2v) is 13.0. The van der Waals surface area contributed by atoms with Gasteiger partial charge in [0.2, 0.25) is 0 Å². The molecule has 0 aliphatic heterocycles. The number of carbonyl (C=O) groups excluding carboxylic acids is 4. The molecule has 2 aliphatic carbocycles. The topological polar surface area (TPSA) is 170 Å². The van der Waals surface area contributed by atoms with Crippen molar-refractivity contribution in [3.63, 3.8) is 0 Å². The zero-order valence-electron chi connectivity index (χ0n) is 28.4. The molecule has 276 valence electrons.